The summed E-state index contributed by atoms with van der Waals surface area (Å²) in [5.41, 5.74) is 3.33. The van der Waals surface area contributed by atoms with Gasteiger partial charge in [0.25, 0.3) is 0 Å². The van der Waals surface area contributed by atoms with Gasteiger partial charge >= 0.3 is 5.97 Å². The van der Waals surface area contributed by atoms with E-state index in [1.54, 1.807) is 7.11 Å². The molecule has 0 aliphatic heterocycles. The molecule has 0 saturated carbocycles. The van der Waals surface area contributed by atoms with Gasteiger partial charge in [0.15, 0.2) is 6.29 Å². The molecule has 0 fully saturated rings. The van der Waals surface area contributed by atoms with Gasteiger partial charge in [-0.1, -0.05) is 37.3 Å². The highest BCUT2D eigenvalue weighted by atomic mass is 16.5. The molecule has 27 heavy (non-hydrogen) atoms. The SMILES string of the molecule is COc1ccc(-c2[nH]c(C=O)c(C(=O)O)c2C(C)Cc2ccccc2)cc1. The van der Waals surface area contributed by atoms with Gasteiger partial charge in [0.2, 0.25) is 0 Å². The molecular weight excluding hydrogens is 342 g/mol. The summed E-state index contributed by atoms with van der Waals surface area (Å²) in [5.74, 6) is -0.498. The highest BCUT2D eigenvalue weighted by Gasteiger charge is 2.27. The number of hydrogen-bond acceptors (Lipinski definition) is 3. The van der Waals surface area contributed by atoms with Crippen LogP contribution in [0.3, 0.4) is 0 Å². The smallest absolute Gasteiger partial charge is 0.338 e. The molecule has 1 atom stereocenters. The Kier molecular flexibility index (Phi) is 5.41. The van der Waals surface area contributed by atoms with E-state index in [0.717, 1.165) is 11.1 Å². The zero-order valence-corrected chi connectivity index (χ0v) is 15.2. The first-order chi connectivity index (χ1) is 13.0. The normalized spacial score (nSPS) is 11.8. The van der Waals surface area contributed by atoms with Gasteiger partial charge in [-0.15, -0.1) is 0 Å². The topological polar surface area (TPSA) is 79.4 Å². The lowest BCUT2D eigenvalue weighted by Gasteiger charge is -2.15. The number of ether oxygens (including phenoxy) is 1. The minimum absolute atomic E-state index is 0.0410. The molecule has 1 heterocycles. The Bertz CT molecular complexity index is 942. The predicted octanol–water partition coefficient (Wildman–Crippen LogP) is 4.55. The molecule has 0 bridgehead atoms. The zero-order valence-electron chi connectivity index (χ0n) is 15.2. The van der Waals surface area contributed by atoms with E-state index in [0.29, 0.717) is 29.7 Å². The number of carboxylic acids is 1. The van der Waals surface area contributed by atoms with E-state index < -0.39 is 5.97 Å². The van der Waals surface area contributed by atoms with E-state index in [-0.39, 0.29) is 17.2 Å². The number of benzene rings is 2. The third kappa shape index (κ3) is 3.77. The van der Waals surface area contributed by atoms with Crippen molar-refractivity contribution in [1.82, 2.24) is 4.98 Å². The second-order valence-corrected chi connectivity index (χ2v) is 6.44. The molecule has 0 amide bonds. The molecule has 1 unspecified atom stereocenters. The van der Waals surface area contributed by atoms with Crippen LogP contribution in [-0.4, -0.2) is 29.5 Å². The summed E-state index contributed by atoms with van der Waals surface area (Å²) in [6.45, 7) is 1.98. The van der Waals surface area contributed by atoms with E-state index in [2.05, 4.69) is 4.98 Å². The number of carbonyl (C=O) groups excluding carboxylic acids is 1. The quantitative estimate of drug-likeness (QED) is 0.604. The van der Waals surface area contributed by atoms with Gasteiger partial charge in [0, 0.05) is 0 Å². The van der Waals surface area contributed by atoms with E-state index >= 15 is 0 Å². The first kappa shape index (κ1) is 18.5. The first-order valence-electron chi connectivity index (χ1n) is 8.67. The van der Waals surface area contributed by atoms with Crippen molar-refractivity contribution >= 4 is 12.3 Å². The minimum Gasteiger partial charge on any atom is -0.497 e. The number of carbonyl (C=O) groups is 2. The van der Waals surface area contributed by atoms with Gasteiger partial charge in [-0.05, 0) is 53.3 Å². The lowest BCUT2D eigenvalue weighted by molar-refractivity contribution is 0.0692. The third-order valence-electron chi connectivity index (χ3n) is 4.66. The Hall–Kier alpha value is -3.34. The summed E-state index contributed by atoms with van der Waals surface area (Å²) >= 11 is 0. The molecule has 2 aromatic carbocycles. The zero-order chi connectivity index (χ0) is 19.4. The summed E-state index contributed by atoms with van der Waals surface area (Å²) < 4.78 is 5.19. The standard InChI is InChI=1S/C22H21NO4/c1-14(12-15-6-4-3-5-7-15)19-20(22(25)26)18(13-24)23-21(19)16-8-10-17(27-2)11-9-16/h3-11,13-14,23H,12H2,1-2H3,(H,25,26). The summed E-state index contributed by atoms with van der Waals surface area (Å²) in [5, 5.41) is 9.74. The van der Waals surface area contributed by atoms with Crippen LogP contribution in [0.4, 0.5) is 0 Å². The Balaban J connectivity index is 2.12. The molecule has 0 aliphatic carbocycles. The van der Waals surface area contributed by atoms with Crippen molar-refractivity contribution < 1.29 is 19.4 Å². The second kappa shape index (κ2) is 7.91. The molecule has 1 aromatic heterocycles. The number of aromatic carboxylic acids is 1. The number of aromatic amines is 1. The number of hydrogen-bond donors (Lipinski definition) is 2. The van der Waals surface area contributed by atoms with Crippen molar-refractivity contribution in [2.45, 2.75) is 19.3 Å². The van der Waals surface area contributed by atoms with Gasteiger partial charge in [-0.2, -0.15) is 0 Å². The van der Waals surface area contributed by atoms with E-state index in [1.165, 1.54) is 0 Å². The van der Waals surface area contributed by atoms with Crippen LogP contribution >= 0.6 is 0 Å². The van der Waals surface area contributed by atoms with E-state index in [1.807, 2.05) is 61.5 Å². The fraction of sp³-hybridized carbons (Fsp3) is 0.182. The number of aromatic nitrogens is 1. The predicted molar refractivity (Wildman–Crippen MR) is 104 cm³/mol. The number of aldehydes is 1. The van der Waals surface area contributed by atoms with Crippen LogP contribution in [0, 0.1) is 0 Å². The van der Waals surface area contributed by atoms with E-state index in [9.17, 15) is 14.7 Å². The third-order valence-corrected chi connectivity index (χ3v) is 4.66. The van der Waals surface area contributed by atoms with Gasteiger partial charge in [-0.25, -0.2) is 4.79 Å². The monoisotopic (exact) mass is 363 g/mol. The Morgan fingerprint density at radius 3 is 2.37 bits per heavy atom. The molecule has 0 aliphatic rings. The summed E-state index contributed by atoms with van der Waals surface area (Å²) in [4.78, 5) is 26.4. The van der Waals surface area contributed by atoms with Crippen LogP contribution in [0.15, 0.2) is 54.6 Å². The lowest BCUT2D eigenvalue weighted by atomic mass is 9.88. The van der Waals surface area contributed by atoms with Crippen LogP contribution in [-0.2, 0) is 6.42 Å². The maximum absolute atomic E-state index is 11.9. The first-order valence-corrected chi connectivity index (χ1v) is 8.67. The average Bonchev–Trinajstić information content (AvgIpc) is 3.09. The minimum atomic E-state index is -1.11. The molecule has 3 rings (SSSR count). The fourth-order valence-electron chi connectivity index (χ4n) is 3.40. The van der Waals surface area contributed by atoms with Crippen molar-refractivity contribution in [3.63, 3.8) is 0 Å². The lowest BCUT2D eigenvalue weighted by Crippen LogP contribution is -2.08. The molecular formula is C22H21NO4. The maximum Gasteiger partial charge on any atom is 0.338 e. The van der Waals surface area contributed by atoms with Gasteiger partial charge in [0.05, 0.1) is 24.1 Å². The molecule has 5 heteroatoms. The maximum atomic E-state index is 11.9. The summed E-state index contributed by atoms with van der Waals surface area (Å²) in [6, 6.07) is 17.2. The highest BCUT2D eigenvalue weighted by Crippen LogP contribution is 2.36. The van der Waals surface area contributed by atoms with Crippen molar-refractivity contribution in [3.05, 3.63) is 77.0 Å². The number of rotatable bonds is 7. The molecule has 138 valence electrons. The van der Waals surface area contributed by atoms with Crippen LogP contribution in [0.5, 0.6) is 5.75 Å². The Morgan fingerprint density at radius 2 is 1.81 bits per heavy atom. The Labute approximate surface area is 157 Å². The van der Waals surface area contributed by atoms with Crippen LogP contribution in [0.25, 0.3) is 11.3 Å². The second-order valence-electron chi connectivity index (χ2n) is 6.44. The largest absolute Gasteiger partial charge is 0.497 e. The highest BCUT2D eigenvalue weighted by molar-refractivity contribution is 6.00. The molecule has 2 N–H and O–H groups in total. The number of carboxylic acid groups (broad SMARTS) is 1. The fourth-order valence-corrected chi connectivity index (χ4v) is 3.40. The number of H-pyrrole nitrogens is 1. The summed E-state index contributed by atoms with van der Waals surface area (Å²) in [6.07, 6.45) is 1.23. The average molecular weight is 363 g/mol. The molecule has 0 saturated heterocycles. The van der Waals surface area contributed by atoms with Gasteiger partial charge in [0.1, 0.15) is 5.75 Å². The van der Waals surface area contributed by atoms with Crippen molar-refractivity contribution in [3.8, 4) is 17.0 Å². The molecule has 0 radical (unpaired) electrons. The van der Waals surface area contributed by atoms with Crippen molar-refractivity contribution in [1.29, 1.82) is 0 Å². The number of methoxy groups -OCH3 is 1. The van der Waals surface area contributed by atoms with Gasteiger partial charge < -0.3 is 14.8 Å². The van der Waals surface area contributed by atoms with Gasteiger partial charge in [-0.3, -0.25) is 4.79 Å². The van der Waals surface area contributed by atoms with Crippen molar-refractivity contribution in [2.75, 3.05) is 7.11 Å². The molecule has 0 spiro atoms. The summed E-state index contributed by atoms with van der Waals surface area (Å²) in [7, 11) is 1.59. The number of nitrogens with one attached hydrogen (secondary N) is 1. The van der Waals surface area contributed by atoms with Crippen LogP contribution < -0.4 is 4.74 Å². The van der Waals surface area contributed by atoms with Crippen molar-refractivity contribution in [2.24, 2.45) is 0 Å². The van der Waals surface area contributed by atoms with Crippen LogP contribution in [0.1, 0.15) is 44.8 Å². The van der Waals surface area contributed by atoms with E-state index in [4.69, 9.17) is 4.74 Å². The Morgan fingerprint density at radius 1 is 1.15 bits per heavy atom. The molecule has 3 aromatic rings. The van der Waals surface area contributed by atoms with Crippen LogP contribution in [0.2, 0.25) is 0 Å². The molecule has 5 nitrogen and oxygen atoms in total.